The highest BCUT2D eigenvalue weighted by molar-refractivity contribution is 5.72. The Morgan fingerprint density at radius 3 is 2.24 bits per heavy atom. The molecule has 0 aromatic heterocycles. The highest BCUT2D eigenvalue weighted by Gasteiger charge is 2.23. The van der Waals surface area contributed by atoms with Crippen molar-refractivity contribution < 1.29 is 19.4 Å². The number of rotatable bonds is 7. The molecule has 1 N–H and O–H groups in total. The zero-order chi connectivity index (χ0) is 14.9. The van der Waals surface area contributed by atoms with Crippen LogP contribution >= 0.6 is 0 Å². The van der Waals surface area contributed by atoms with Crippen LogP contribution in [0.3, 0.4) is 0 Å². The predicted octanol–water partition coefficient (Wildman–Crippen LogP) is 3.07. The molecule has 4 nitrogen and oxygen atoms in total. The maximum absolute atomic E-state index is 11.8. The van der Waals surface area contributed by atoms with Crippen LogP contribution < -0.4 is 0 Å². The molecule has 0 aromatic carbocycles. The molecular formula is C17H30O4. The van der Waals surface area contributed by atoms with Gasteiger partial charge in [0.1, 0.15) is 12.7 Å². The molecule has 0 amide bonds. The minimum absolute atomic E-state index is 0.0501. The highest BCUT2D eigenvalue weighted by Crippen LogP contribution is 2.25. The van der Waals surface area contributed by atoms with Crippen LogP contribution in [0.15, 0.2) is 0 Å². The fourth-order valence-electron chi connectivity index (χ4n) is 3.41. The maximum Gasteiger partial charge on any atom is 0.309 e. The van der Waals surface area contributed by atoms with Crippen molar-refractivity contribution in [3.63, 3.8) is 0 Å². The second-order valence-electron chi connectivity index (χ2n) is 6.66. The topological polar surface area (TPSA) is 55.8 Å². The van der Waals surface area contributed by atoms with Gasteiger partial charge in [-0.1, -0.05) is 38.5 Å². The van der Waals surface area contributed by atoms with Crippen LogP contribution in [0.25, 0.3) is 0 Å². The van der Waals surface area contributed by atoms with Crippen LogP contribution in [0.1, 0.15) is 64.2 Å². The standard InChI is InChI=1S/C17H30O4/c18-16(12-20-11-14-7-3-1-4-8-14)13-21-17(19)15-9-5-2-6-10-15/h14-16,18H,1-13H2. The number of carbonyl (C=O) groups is 1. The van der Waals surface area contributed by atoms with Crippen LogP contribution in [-0.2, 0) is 14.3 Å². The highest BCUT2D eigenvalue weighted by atomic mass is 16.5. The third-order valence-electron chi connectivity index (χ3n) is 4.75. The lowest BCUT2D eigenvalue weighted by Crippen LogP contribution is -2.28. The van der Waals surface area contributed by atoms with E-state index in [0.717, 1.165) is 32.3 Å². The number of aliphatic hydroxyl groups excluding tert-OH is 1. The van der Waals surface area contributed by atoms with Crippen molar-refractivity contribution in [3.8, 4) is 0 Å². The van der Waals surface area contributed by atoms with E-state index in [0.29, 0.717) is 5.92 Å². The van der Waals surface area contributed by atoms with E-state index in [9.17, 15) is 9.90 Å². The summed E-state index contributed by atoms with van der Waals surface area (Å²) in [5.41, 5.74) is 0. The summed E-state index contributed by atoms with van der Waals surface area (Å²) in [5.74, 6) is 0.561. The Bertz CT molecular complexity index is 293. The first-order valence-corrected chi connectivity index (χ1v) is 8.68. The molecule has 0 saturated heterocycles. The van der Waals surface area contributed by atoms with Crippen molar-refractivity contribution in [2.45, 2.75) is 70.3 Å². The van der Waals surface area contributed by atoms with E-state index in [1.807, 2.05) is 0 Å². The number of aliphatic hydroxyl groups is 1. The Morgan fingerprint density at radius 2 is 1.57 bits per heavy atom. The van der Waals surface area contributed by atoms with Gasteiger partial charge in [0.15, 0.2) is 0 Å². The van der Waals surface area contributed by atoms with Crippen molar-refractivity contribution in [2.75, 3.05) is 19.8 Å². The largest absolute Gasteiger partial charge is 0.463 e. The number of hydrogen-bond acceptors (Lipinski definition) is 4. The molecule has 1 atom stereocenters. The summed E-state index contributed by atoms with van der Waals surface area (Å²) in [5, 5.41) is 9.82. The summed E-state index contributed by atoms with van der Waals surface area (Å²) in [6, 6.07) is 0. The average Bonchev–Trinajstić information content (AvgIpc) is 2.54. The van der Waals surface area contributed by atoms with Gasteiger partial charge in [0.05, 0.1) is 12.5 Å². The van der Waals surface area contributed by atoms with E-state index >= 15 is 0 Å². The summed E-state index contributed by atoms with van der Waals surface area (Å²) in [4.78, 5) is 11.8. The minimum Gasteiger partial charge on any atom is -0.463 e. The first-order chi connectivity index (χ1) is 10.3. The zero-order valence-electron chi connectivity index (χ0n) is 13.1. The Morgan fingerprint density at radius 1 is 0.952 bits per heavy atom. The van der Waals surface area contributed by atoms with E-state index in [1.165, 1.54) is 38.5 Å². The van der Waals surface area contributed by atoms with Gasteiger partial charge in [-0.05, 0) is 31.6 Å². The van der Waals surface area contributed by atoms with Crippen molar-refractivity contribution in [3.05, 3.63) is 0 Å². The van der Waals surface area contributed by atoms with Gasteiger partial charge in [0, 0.05) is 6.61 Å². The SMILES string of the molecule is O=C(OCC(O)COCC1CCCCC1)C1CCCCC1. The van der Waals surface area contributed by atoms with Crippen molar-refractivity contribution in [2.24, 2.45) is 11.8 Å². The minimum atomic E-state index is -0.693. The molecule has 0 aliphatic heterocycles. The average molecular weight is 298 g/mol. The molecule has 4 heteroatoms. The molecule has 21 heavy (non-hydrogen) atoms. The van der Waals surface area contributed by atoms with Gasteiger partial charge in [-0.2, -0.15) is 0 Å². The first-order valence-electron chi connectivity index (χ1n) is 8.68. The number of hydrogen-bond donors (Lipinski definition) is 1. The van der Waals surface area contributed by atoms with Crippen molar-refractivity contribution >= 4 is 5.97 Å². The van der Waals surface area contributed by atoms with Gasteiger partial charge in [-0.25, -0.2) is 0 Å². The van der Waals surface area contributed by atoms with Crippen LogP contribution in [0.5, 0.6) is 0 Å². The van der Waals surface area contributed by atoms with Crippen LogP contribution in [-0.4, -0.2) is 37.0 Å². The summed E-state index contributed by atoms with van der Waals surface area (Å²) in [6.45, 7) is 1.07. The third-order valence-corrected chi connectivity index (χ3v) is 4.75. The Kier molecular flexibility index (Phi) is 7.51. The van der Waals surface area contributed by atoms with Gasteiger partial charge >= 0.3 is 5.97 Å². The van der Waals surface area contributed by atoms with Gasteiger partial charge in [0.25, 0.3) is 0 Å². The zero-order valence-corrected chi connectivity index (χ0v) is 13.1. The molecule has 0 heterocycles. The Balaban J connectivity index is 1.52. The summed E-state index contributed by atoms with van der Waals surface area (Å²) in [7, 11) is 0. The lowest BCUT2D eigenvalue weighted by molar-refractivity contribution is -0.153. The number of esters is 1. The molecule has 2 aliphatic carbocycles. The molecule has 2 rings (SSSR count). The molecule has 2 aliphatic rings. The van der Waals surface area contributed by atoms with Gasteiger partial charge in [0.2, 0.25) is 0 Å². The van der Waals surface area contributed by atoms with Crippen molar-refractivity contribution in [1.82, 2.24) is 0 Å². The molecule has 1 unspecified atom stereocenters. The first kappa shape index (κ1) is 16.8. The van der Waals surface area contributed by atoms with Crippen LogP contribution in [0.2, 0.25) is 0 Å². The molecule has 2 fully saturated rings. The molecule has 0 aromatic rings. The molecular weight excluding hydrogens is 268 g/mol. The van der Waals surface area contributed by atoms with E-state index in [1.54, 1.807) is 0 Å². The second kappa shape index (κ2) is 9.42. The third kappa shape index (κ3) is 6.35. The molecule has 2 saturated carbocycles. The Hall–Kier alpha value is -0.610. The monoisotopic (exact) mass is 298 g/mol. The smallest absolute Gasteiger partial charge is 0.309 e. The van der Waals surface area contributed by atoms with Crippen molar-refractivity contribution in [1.29, 1.82) is 0 Å². The van der Waals surface area contributed by atoms with Gasteiger partial charge < -0.3 is 14.6 Å². The van der Waals surface area contributed by atoms with E-state index in [2.05, 4.69) is 0 Å². The molecule has 0 radical (unpaired) electrons. The summed E-state index contributed by atoms with van der Waals surface area (Å²) >= 11 is 0. The molecule has 0 bridgehead atoms. The Labute approximate surface area is 128 Å². The van der Waals surface area contributed by atoms with Gasteiger partial charge in [-0.15, -0.1) is 0 Å². The second-order valence-corrected chi connectivity index (χ2v) is 6.66. The van der Waals surface area contributed by atoms with Crippen LogP contribution in [0.4, 0.5) is 0 Å². The number of carbonyl (C=O) groups excluding carboxylic acids is 1. The molecule has 0 spiro atoms. The van der Waals surface area contributed by atoms with E-state index in [-0.39, 0.29) is 25.1 Å². The van der Waals surface area contributed by atoms with E-state index < -0.39 is 6.10 Å². The van der Waals surface area contributed by atoms with Gasteiger partial charge in [-0.3, -0.25) is 4.79 Å². The number of ether oxygens (including phenoxy) is 2. The summed E-state index contributed by atoms with van der Waals surface area (Å²) in [6.07, 6.45) is 11.1. The maximum atomic E-state index is 11.8. The fraction of sp³-hybridized carbons (Fsp3) is 0.941. The lowest BCUT2D eigenvalue weighted by atomic mass is 9.89. The normalized spacial score (nSPS) is 22.9. The quantitative estimate of drug-likeness (QED) is 0.734. The predicted molar refractivity (Wildman–Crippen MR) is 80.9 cm³/mol. The summed E-state index contributed by atoms with van der Waals surface area (Å²) < 4.78 is 10.8. The molecule has 122 valence electrons. The fourth-order valence-corrected chi connectivity index (χ4v) is 3.41. The lowest BCUT2D eigenvalue weighted by Gasteiger charge is -2.23. The van der Waals surface area contributed by atoms with Crippen LogP contribution in [0, 0.1) is 11.8 Å². The van der Waals surface area contributed by atoms with E-state index in [4.69, 9.17) is 9.47 Å².